The predicted molar refractivity (Wildman–Crippen MR) is 91.3 cm³/mol. The molecule has 1 unspecified atom stereocenters. The van der Waals surface area contributed by atoms with Gasteiger partial charge in [0.15, 0.2) is 24.2 Å². The summed E-state index contributed by atoms with van der Waals surface area (Å²) in [5.41, 5.74) is 4.57. The Kier molecular flexibility index (Phi) is 6.65. The van der Waals surface area contributed by atoms with Crippen molar-refractivity contribution in [2.45, 2.75) is 13.0 Å². The molecule has 1 atom stereocenters. The third kappa shape index (κ3) is 5.72. The number of hydrazine groups is 1. The summed E-state index contributed by atoms with van der Waals surface area (Å²) in [6.07, 6.45) is -0.827. The smallest absolute Gasteiger partial charge is 0.279 e. The van der Waals surface area contributed by atoms with E-state index < -0.39 is 17.9 Å². The fraction of sp³-hybridized carbons (Fsp3) is 0.222. The van der Waals surface area contributed by atoms with E-state index in [4.69, 9.17) is 14.2 Å². The normalized spacial score (nSPS) is 11.1. The molecule has 0 heterocycles. The lowest BCUT2D eigenvalue weighted by atomic mass is 10.3. The number of ether oxygens (including phenoxy) is 3. The zero-order valence-corrected chi connectivity index (χ0v) is 14.0. The molecule has 0 spiro atoms. The lowest BCUT2D eigenvalue weighted by Gasteiger charge is -2.16. The molecule has 132 valence electrons. The minimum Gasteiger partial charge on any atom is -0.493 e. The van der Waals surface area contributed by atoms with Crippen LogP contribution in [-0.2, 0) is 9.59 Å². The van der Waals surface area contributed by atoms with Gasteiger partial charge in [-0.25, -0.2) is 0 Å². The Morgan fingerprint density at radius 3 is 2.28 bits per heavy atom. The summed E-state index contributed by atoms with van der Waals surface area (Å²) in [7, 11) is 1.51. The molecule has 2 N–H and O–H groups in total. The number of carbonyl (C=O) groups is 2. The molecule has 0 fully saturated rings. The van der Waals surface area contributed by atoms with Gasteiger partial charge in [0, 0.05) is 0 Å². The highest BCUT2D eigenvalue weighted by atomic mass is 16.5. The average Bonchev–Trinajstić information content (AvgIpc) is 2.65. The number of methoxy groups -OCH3 is 1. The summed E-state index contributed by atoms with van der Waals surface area (Å²) in [5, 5.41) is 0. The lowest BCUT2D eigenvalue weighted by molar-refractivity contribution is -0.133. The van der Waals surface area contributed by atoms with E-state index in [0.29, 0.717) is 17.2 Å². The topological polar surface area (TPSA) is 85.9 Å². The highest BCUT2D eigenvalue weighted by Crippen LogP contribution is 2.26. The van der Waals surface area contributed by atoms with Gasteiger partial charge in [-0.05, 0) is 31.2 Å². The van der Waals surface area contributed by atoms with Crippen molar-refractivity contribution in [1.29, 1.82) is 0 Å². The van der Waals surface area contributed by atoms with Gasteiger partial charge in [-0.1, -0.05) is 30.3 Å². The molecule has 7 heteroatoms. The highest BCUT2D eigenvalue weighted by Gasteiger charge is 2.17. The van der Waals surface area contributed by atoms with Gasteiger partial charge in [-0.15, -0.1) is 0 Å². The van der Waals surface area contributed by atoms with Crippen molar-refractivity contribution < 1.29 is 23.8 Å². The summed E-state index contributed by atoms with van der Waals surface area (Å²) >= 11 is 0. The van der Waals surface area contributed by atoms with Crippen molar-refractivity contribution in [1.82, 2.24) is 10.9 Å². The highest BCUT2D eigenvalue weighted by molar-refractivity contribution is 5.85. The molecule has 0 aliphatic carbocycles. The van der Waals surface area contributed by atoms with Crippen molar-refractivity contribution in [2.24, 2.45) is 0 Å². The van der Waals surface area contributed by atoms with E-state index >= 15 is 0 Å². The van der Waals surface area contributed by atoms with Crippen LogP contribution in [0.15, 0.2) is 54.6 Å². The molecule has 2 aromatic carbocycles. The first kappa shape index (κ1) is 18.1. The first-order chi connectivity index (χ1) is 12.1. The van der Waals surface area contributed by atoms with Crippen LogP contribution in [0.2, 0.25) is 0 Å². The van der Waals surface area contributed by atoms with Crippen LogP contribution in [0.25, 0.3) is 0 Å². The van der Waals surface area contributed by atoms with E-state index in [1.807, 2.05) is 6.07 Å². The number of para-hydroxylation sites is 3. The van der Waals surface area contributed by atoms with Gasteiger partial charge < -0.3 is 14.2 Å². The van der Waals surface area contributed by atoms with Crippen LogP contribution >= 0.6 is 0 Å². The zero-order chi connectivity index (χ0) is 18.1. The van der Waals surface area contributed by atoms with E-state index in [1.54, 1.807) is 55.5 Å². The number of amides is 2. The Balaban J connectivity index is 1.76. The van der Waals surface area contributed by atoms with Gasteiger partial charge >= 0.3 is 0 Å². The molecule has 2 rings (SSSR count). The minimum atomic E-state index is -0.827. The van der Waals surface area contributed by atoms with Crippen molar-refractivity contribution in [2.75, 3.05) is 13.7 Å². The summed E-state index contributed by atoms with van der Waals surface area (Å²) in [5.74, 6) is 0.534. The van der Waals surface area contributed by atoms with Crippen molar-refractivity contribution in [3.05, 3.63) is 54.6 Å². The lowest BCUT2D eigenvalue weighted by Crippen LogP contribution is -2.48. The Morgan fingerprint density at radius 2 is 1.60 bits per heavy atom. The van der Waals surface area contributed by atoms with Crippen LogP contribution < -0.4 is 25.1 Å². The number of benzene rings is 2. The van der Waals surface area contributed by atoms with Crippen molar-refractivity contribution >= 4 is 11.8 Å². The van der Waals surface area contributed by atoms with E-state index in [1.165, 1.54) is 7.11 Å². The summed E-state index contributed by atoms with van der Waals surface area (Å²) in [6, 6.07) is 15.9. The SMILES string of the molecule is COc1ccccc1OC(C)C(=O)NNC(=O)COc1ccccc1. The maximum Gasteiger partial charge on any atom is 0.279 e. The molecule has 0 aliphatic heterocycles. The number of hydrogen-bond acceptors (Lipinski definition) is 5. The second kappa shape index (κ2) is 9.17. The molecule has 0 saturated carbocycles. The molecule has 2 amide bonds. The van der Waals surface area contributed by atoms with Gasteiger partial charge in [0.2, 0.25) is 0 Å². The molecule has 0 aliphatic rings. The Labute approximate surface area is 145 Å². The van der Waals surface area contributed by atoms with Crippen LogP contribution in [0.1, 0.15) is 6.92 Å². The van der Waals surface area contributed by atoms with Crippen LogP contribution in [-0.4, -0.2) is 31.6 Å². The maximum absolute atomic E-state index is 12.0. The van der Waals surface area contributed by atoms with Crippen molar-refractivity contribution in [3.8, 4) is 17.2 Å². The Hall–Kier alpha value is -3.22. The molecule has 2 aromatic rings. The minimum absolute atomic E-state index is 0.216. The number of hydrogen-bond donors (Lipinski definition) is 2. The summed E-state index contributed by atoms with van der Waals surface area (Å²) in [6.45, 7) is 1.35. The largest absolute Gasteiger partial charge is 0.493 e. The monoisotopic (exact) mass is 344 g/mol. The number of carbonyl (C=O) groups excluding carboxylic acids is 2. The second-order valence-electron chi connectivity index (χ2n) is 5.05. The van der Waals surface area contributed by atoms with Crippen LogP contribution in [0.3, 0.4) is 0 Å². The Morgan fingerprint density at radius 1 is 0.960 bits per heavy atom. The third-order valence-corrected chi connectivity index (χ3v) is 3.18. The van der Waals surface area contributed by atoms with Crippen LogP contribution in [0, 0.1) is 0 Å². The predicted octanol–water partition coefficient (Wildman–Crippen LogP) is 1.69. The maximum atomic E-state index is 12.0. The van der Waals surface area contributed by atoms with Gasteiger partial charge in [-0.2, -0.15) is 0 Å². The molecule has 7 nitrogen and oxygen atoms in total. The van der Waals surface area contributed by atoms with Gasteiger partial charge in [0.05, 0.1) is 7.11 Å². The van der Waals surface area contributed by atoms with E-state index in [-0.39, 0.29) is 6.61 Å². The van der Waals surface area contributed by atoms with Crippen LogP contribution in [0.4, 0.5) is 0 Å². The van der Waals surface area contributed by atoms with Gasteiger partial charge in [0.1, 0.15) is 5.75 Å². The van der Waals surface area contributed by atoms with E-state index in [9.17, 15) is 9.59 Å². The van der Waals surface area contributed by atoms with Crippen molar-refractivity contribution in [3.63, 3.8) is 0 Å². The van der Waals surface area contributed by atoms with E-state index in [0.717, 1.165) is 0 Å². The molecular weight excluding hydrogens is 324 g/mol. The third-order valence-electron chi connectivity index (χ3n) is 3.18. The molecule has 25 heavy (non-hydrogen) atoms. The first-order valence-electron chi connectivity index (χ1n) is 7.66. The van der Waals surface area contributed by atoms with Crippen LogP contribution in [0.5, 0.6) is 17.2 Å². The molecular formula is C18H20N2O5. The average molecular weight is 344 g/mol. The van der Waals surface area contributed by atoms with E-state index in [2.05, 4.69) is 10.9 Å². The zero-order valence-electron chi connectivity index (χ0n) is 14.0. The Bertz CT molecular complexity index is 706. The summed E-state index contributed by atoms with van der Waals surface area (Å²) < 4.78 is 16.0. The second-order valence-corrected chi connectivity index (χ2v) is 5.05. The molecule has 0 radical (unpaired) electrons. The number of nitrogens with one attached hydrogen (secondary N) is 2. The number of rotatable bonds is 7. The quantitative estimate of drug-likeness (QED) is 0.747. The molecule has 0 saturated heterocycles. The first-order valence-corrected chi connectivity index (χ1v) is 7.66. The summed E-state index contributed by atoms with van der Waals surface area (Å²) in [4.78, 5) is 23.7. The van der Waals surface area contributed by atoms with Gasteiger partial charge in [0.25, 0.3) is 11.8 Å². The fourth-order valence-electron chi connectivity index (χ4n) is 1.89. The molecule has 0 aromatic heterocycles. The fourth-order valence-corrected chi connectivity index (χ4v) is 1.89. The molecule has 0 bridgehead atoms. The van der Waals surface area contributed by atoms with Gasteiger partial charge in [-0.3, -0.25) is 20.4 Å². The standard InChI is InChI=1S/C18H20N2O5/c1-13(25-16-11-7-6-10-15(16)23-2)18(22)20-19-17(21)12-24-14-8-4-3-5-9-14/h3-11,13H,12H2,1-2H3,(H,19,21)(H,20,22).